The SMILES string of the molecule is CCCC1NC(=O)CN(C2CCC(SCC)C2)C1=O. The van der Waals surface area contributed by atoms with Crippen LogP contribution in [0, 0.1) is 0 Å². The van der Waals surface area contributed by atoms with Crippen molar-refractivity contribution in [1.29, 1.82) is 0 Å². The first-order chi connectivity index (χ1) is 9.15. The lowest BCUT2D eigenvalue weighted by Crippen LogP contribution is -2.60. The van der Waals surface area contributed by atoms with Gasteiger partial charge in [-0.25, -0.2) is 0 Å². The van der Waals surface area contributed by atoms with Crippen LogP contribution in [-0.4, -0.2) is 46.3 Å². The Morgan fingerprint density at radius 2 is 2.11 bits per heavy atom. The van der Waals surface area contributed by atoms with Crippen LogP contribution >= 0.6 is 11.8 Å². The molecule has 0 spiro atoms. The molecule has 108 valence electrons. The third-order valence-electron chi connectivity index (χ3n) is 4.01. The minimum absolute atomic E-state index is 0.00430. The summed E-state index contributed by atoms with van der Waals surface area (Å²) in [6.45, 7) is 4.48. The van der Waals surface area contributed by atoms with Crippen LogP contribution in [0.3, 0.4) is 0 Å². The van der Waals surface area contributed by atoms with Crippen LogP contribution in [-0.2, 0) is 9.59 Å². The highest BCUT2D eigenvalue weighted by Gasteiger charge is 2.38. The maximum absolute atomic E-state index is 12.4. The topological polar surface area (TPSA) is 49.4 Å². The molecule has 0 bridgehead atoms. The highest BCUT2D eigenvalue weighted by Crippen LogP contribution is 2.33. The number of rotatable bonds is 5. The first-order valence-corrected chi connectivity index (χ1v) is 8.42. The van der Waals surface area contributed by atoms with Gasteiger partial charge in [-0.2, -0.15) is 11.8 Å². The molecule has 0 aromatic carbocycles. The van der Waals surface area contributed by atoms with Gasteiger partial charge >= 0.3 is 0 Å². The van der Waals surface area contributed by atoms with E-state index < -0.39 is 0 Å². The van der Waals surface area contributed by atoms with Crippen LogP contribution in [0.1, 0.15) is 46.0 Å². The molecule has 0 radical (unpaired) electrons. The summed E-state index contributed by atoms with van der Waals surface area (Å²) in [5, 5.41) is 3.49. The van der Waals surface area contributed by atoms with Gasteiger partial charge in [0, 0.05) is 11.3 Å². The smallest absolute Gasteiger partial charge is 0.245 e. The highest BCUT2D eigenvalue weighted by molar-refractivity contribution is 7.99. The molecule has 0 aromatic heterocycles. The molecule has 2 amide bonds. The Morgan fingerprint density at radius 1 is 1.32 bits per heavy atom. The highest BCUT2D eigenvalue weighted by atomic mass is 32.2. The molecule has 2 aliphatic rings. The lowest BCUT2D eigenvalue weighted by atomic mass is 10.1. The van der Waals surface area contributed by atoms with E-state index in [1.165, 1.54) is 6.42 Å². The van der Waals surface area contributed by atoms with Crippen LogP contribution in [0.15, 0.2) is 0 Å². The Labute approximate surface area is 119 Å². The van der Waals surface area contributed by atoms with Crippen LogP contribution < -0.4 is 5.32 Å². The van der Waals surface area contributed by atoms with Crippen LogP contribution in [0.4, 0.5) is 0 Å². The van der Waals surface area contributed by atoms with Gasteiger partial charge in [-0.3, -0.25) is 9.59 Å². The summed E-state index contributed by atoms with van der Waals surface area (Å²) in [5.74, 6) is 1.27. The van der Waals surface area contributed by atoms with Gasteiger partial charge in [0.2, 0.25) is 11.8 Å². The minimum atomic E-state index is -0.288. The molecule has 5 heteroatoms. The predicted octanol–water partition coefficient (Wildman–Crippen LogP) is 1.79. The van der Waals surface area contributed by atoms with Crippen molar-refractivity contribution in [3.05, 3.63) is 0 Å². The Bertz CT molecular complexity index is 348. The second kappa shape index (κ2) is 6.64. The van der Waals surface area contributed by atoms with Gasteiger partial charge in [0.25, 0.3) is 0 Å². The second-order valence-electron chi connectivity index (χ2n) is 5.42. The number of carbonyl (C=O) groups excluding carboxylic acids is 2. The van der Waals surface area contributed by atoms with Crippen molar-refractivity contribution in [3.63, 3.8) is 0 Å². The molecule has 1 heterocycles. The average Bonchev–Trinajstić information content (AvgIpc) is 2.82. The molecule has 2 rings (SSSR count). The van der Waals surface area contributed by atoms with Gasteiger partial charge in [-0.15, -0.1) is 0 Å². The van der Waals surface area contributed by atoms with Gasteiger partial charge in [0.15, 0.2) is 0 Å². The van der Waals surface area contributed by atoms with E-state index in [1.54, 1.807) is 0 Å². The monoisotopic (exact) mass is 284 g/mol. The number of amides is 2. The number of nitrogens with one attached hydrogen (secondary N) is 1. The van der Waals surface area contributed by atoms with E-state index in [0.29, 0.717) is 5.25 Å². The normalized spacial score (nSPS) is 31.7. The number of hydrogen-bond acceptors (Lipinski definition) is 3. The van der Waals surface area contributed by atoms with Crippen molar-refractivity contribution in [1.82, 2.24) is 10.2 Å². The number of thioether (sulfide) groups is 1. The fraction of sp³-hybridized carbons (Fsp3) is 0.857. The van der Waals surface area contributed by atoms with Crippen molar-refractivity contribution in [2.75, 3.05) is 12.3 Å². The Morgan fingerprint density at radius 3 is 2.79 bits per heavy atom. The summed E-state index contributed by atoms with van der Waals surface area (Å²) in [6.07, 6.45) is 4.95. The number of piperazine rings is 1. The standard InChI is InChI=1S/C14H24N2O2S/c1-3-5-12-14(18)16(9-13(17)15-12)10-6-7-11(8-10)19-4-2/h10-12H,3-9H2,1-2H3,(H,15,17). The van der Waals surface area contributed by atoms with Gasteiger partial charge in [0.1, 0.15) is 6.04 Å². The molecule has 0 aromatic rings. The van der Waals surface area contributed by atoms with E-state index in [0.717, 1.165) is 31.4 Å². The third kappa shape index (κ3) is 3.44. The maximum atomic E-state index is 12.4. The van der Waals surface area contributed by atoms with Gasteiger partial charge in [0.05, 0.1) is 6.54 Å². The molecule has 2 fully saturated rings. The molecule has 1 N–H and O–H groups in total. The quantitative estimate of drug-likeness (QED) is 0.837. The van der Waals surface area contributed by atoms with E-state index in [2.05, 4.69) is 12.2 Å². The Kier molecular flexibility index (Phi) is 5.13. The second-order valence-corrected chi connectivity index (χ2v) is 7.00. The maximum Gasteiger partial charge on any atom is 0.245 e. The predicted molar refractivity (Wildman–Crippen MR) is 78.1 cm³/mol. The van der Waals surface area contributed by atoms with Crippen LogP contribution in [0.25, 0.3) is 0 Å². The van der Waals surface area contributed by atoms with Gasteiger partial charge in [-0.1, -0.05) is 20.3 Å². The fourth-order valence-corrected chi connectivity index (χ4v) is 4.25. The molecule has 1 aliphatic carbocycles. The number of carbonyl (C=O) groups is 2. The van der Waals surface area contributed by atoms with Crippen molar-refractivity contribution in [3.8, 4) is 0 Å². The lowest BCUT2D eigenvalue weighted by molar-refractivity contribution is -0.146. The molecule has 1 aliphatic heterocycles. The molecular weight excluding hydrogens is 260 g/mol. The van der Waals surface area contributed by atoms with E-state index >= 15 is 0 Å². The summed E-state index contributed by atoms with van der Waals surface area (Å²) in [5.41, 5.74) is 0. The molecule has 3 unspecified atom stereocenters. The van der Waals surface area contributed by atoms with Gasteiger partial charge < -0.3 is 10.2 Å². The zero-order valence-corrected chi connectivity index (χ0v) is 12.7. The minimum Gasteiger partial charge on any atom is -0.343 e. The molecule has 19 heavy (non-hydrogen) atoms. The summed E-state index contributed by atoms with van der Waals surface area (Å²) in [7, 11) is 0. The summed E-state index contributed by atoms with van der Waals surface area (Å²) >= 11 is 1.98. The summed E-state index contributed by atoms with van der Waals surface area (Å²) in [6, 6.07) is -0.00826. The van der Waals surface area contributed by atoms with E-state index in [1.807, 2.05) is 23.6 Å². The van der Waals surface area contributed by atoms with Crippen LogP contribution in [0.5, 0.6) is 0 Å². The largest absolute Gasteiger partial charge is 0.343 e. The first-order valence-electron chi connectivity index (χ1n) is 7.37. The lowest BCUT2D eigenvalue weighted by Gasteiger charge is -2.36. The fourth-order valence-electron chi connectivity index (χ4n) is 3.12. The summed E-state index contributed by atoms with van der Waals surface area (Å²) < 4.78 is 0. The van der Waals surface area contributed by atoms with Crippen molar-refractivity contribution < 1.29 is 9.59 Å². The number of nitrogens with zero attached hydrogens (tertiary/aromatic N) is 1. The Hall–Kier alpha value is -0.710. The summed E-state index contributed by atoms with van der Waals surface area (Å²) in [4.78, 5) is 26.0. The van der Waals surface area contributed by atoms with Gasteiger partial charge in [-0.05, 0) is 31.4 Å². The van der Waals surface area contributed by atoms with Crippen molar-refractivity contribution in [2.45, 2.75) is 63.3 Å². The molecule has 4 nitrogen and oxygen atoms in total. The third-order valence-corrected chi connectivity index (χ3v) is 5.24. The molecule has 3 atom stereocenters. The van der Waals surface area contributed by atoms with E-state index in [4.69, 9.17) is 0 Å². The molecule has 1 saturated carbocycles. The molecule has 1 saturated heterocycles. The number of hydrogen-bond donors (Lipinski definition) is 1. The van der Waals surface area contributed by atoms with Crippen LogP contribution in [0.2, 0.25) is 0 Å². The van der Waals surface area contributed by atoms with E-state index in [9.17, 15) is 9.59 Å². The molecular formula is C14H24N2O2S. The van der Waals surface area contributed by atoms with Crippen molar-refractivity contribution >= 4 is 23.6 Å². The average molecular weight is 284 g/mol. The van der Waals surface area contributed by atoms with Crippen molar-refractivity contribution in [2.24, 2.45) is 0 Å². The zero-order chi connectivity index (χ0) is 13.8. The Balaban J connectivity index is 1.98. The zero-order valence-electron chi connectivity index (χ0n) is 11.9. The van der Waals surface area contributed by atoms with E-state index in [-0.39, 0.29) is 30.4 Å². The first kappa shape index (κ1) is 14.7.